The molecule has 0 aliphatic carbocycles. The molecular weight excluding hydrogens is 465 g/mol. The normalized spacial score (nSPS) is 22.1. The van der Waals surface area contributed by atoms with Gasteiger partial charge in [-0.25, -0.2) is 8.42 Å². The molecule has 33 heavy (non-hydrogen) atoms. The van der Waals surface area contributed by atoms with Gasteiger partial charge in [-0.05, 0) is 43.5 Å². The van der Waals surface area contributed by atoms with Crippen LogP contribution in [0.5, 0.6) is 11.5 Å². The molecule has 2 aliphatic heterocycles. The Morgan fingerprint density at radius 3 is 2.55 bits per heavy atom. The van der Waals surface area contributed by atoms with E-state index in [1.807, 2.05) is 0 Å². The molecule has 2 saturated heterocycles. The van der Waals surface area contributed by atoms with E-state index >= 15 is 0 Å². The maximum absolute atomic E-state index is 12.8. The van der Waals surface area contributed by atoms with E-state index in [9.17, 15) is 26.4 Å². The maximum Gasteiger partial charge on any atom is 0.573 e. The summed E-state index contributed by atoms with van der Waals surface area (Å²) in [6, 6.07) is 8.46. The van der Waals surface area contributed by atoms with Crippen LogP contribution in [0.4, 0.5) is 24.5 Å². The lowest BCUT2D eigenvalue weighted by Gasteiger charge is -2.19. The zero-order chi connectivity index (χ0) is 23.8. The molecule has 2 heterocycles. The predicted molar refractivity (Wildman–Crippen MR) is 112 cm³/mol. The van der Waals surface area contributed by atoms with Gasteiger partial charge in [0.1, 0.15) is 16.4 Å². The SMILES string of the molecule is COc1cc(NC(=O)C2CC3CCC2O3)ccc1S(=O)(=O)Nc1cccc(OC(F)(F)F)c1. The first-order valence-electron chi connectivity index (χ1n) is 10.1. The van der Waals surface area contributed by atoms with Gasteiger partial charge in [-0.15, -0.1) is 13.2 Å². The summed E-state index contributed by atoms with van der Waals surface area (Å²) in [7, 11) is -2.96. The molecule has 12 heteroatoms. The van der Waals surface area contributed by atoms with Gasteiger partial charge in [-0.2, -0.15) is 0 Å². The van der Waals surface area contributed by atoms with Crippen LogP contribution in [0.25, 0.3) is 0 Å². The molecule has 0 aromatic heterocycles. The van der Waals surface area contributed by atoms with Gasteiger partial charge in [0.25, 0.3) is 10.0 Å². The van der Waals surface area contributed by atoms with Crippen molar-refractivity contribution in [3.05, 3.63) is 42.5 Å². The van der Waals surface area contributed by atoms with Crippen molar-refractivity contribution < 1.29 is 40.6 Å². The molecule has 4 rings (SSSR count). The molecule has 0 saturated carbocycles. The van der Waals surface area contributed by atoms with Crippen molar-refractivity contribution in [2.45, 2.75) is 42.7 Å². The summed E-state index contributed by atoms with van der Waals surface area (Å²) in [6.07, 6.45) is -2.46. The average Bonchev–Trinajstić information content (AvgIpc) is 3.36. The summed E-state index contributed by atoms with van der Waals surface area (Å²) in [5, 5.41) is 2.76. The third-order valence-electron chi connectivity index (χ3n) is 5.48. The first kappa shape index (κ1) is 23.2. The minimum absolute atomic E-state index is 0.0489. The minimum Gasteiger partial charge on any atom is -0.495 e. The van der Waals surface area contributed by atoms with Crippen molar-refractivity contribution in [3.63, 3.8) is 0 Å². The van der Waals surface area contributed by atoms with Crippen LogP contribution < -0.4 is 19.5 Å². The second-order valence-electron chi connectivity index (χ2n) is 7.75. The molecule has 0 spiro atoms. The number of benzene rings is 2. The van der Waals surface area contributed by atoms with Gasteiger partial charge in [0, 0.05) is 17.8 Å². The molecular formula is C21H21F3N2O6S. The van der Waals surface area contributed by atoms with Crippen LogP contribution in [0.2, 0.25) is 0 Å². The van der Waals surface area contributed by atoms with E-state index in [1.54, 1.807) is 0 Å². The molecule has 8 nitrogen and oxygen atoms in total. The zero-order valence-electron chi connectivity index (χ0n) is 17.4. The summed E-state index contributed by atoms with van der Waals surface area (Å²) in [5.74, 6) is -1.09. The lowest BCUT2D eigenvalue weighted by atomic mass is 9.88. The predicted octanol–water partition coefficient (Wildman–Crippen LogP) is 3.90. The first-order chi connectivity index (χ1) is 15.5. The van der Waals surface area contributed by atoms with Crippen molar-refractivity contribution in [2.24, 2.45) is 5.92 Å². The van der Waals surface area contributed by atoms with Gasteiger partial charge in [0.05, 0.1) is 30.9 Å². The number of hydrogen-bond donors (Lipinski definition) is 2. The highest BCUT2D eigenvalue weighted by molar-refractivity contribution is 7.92. The molecule has 2 bridgehead atoms. The molecule has 2 aromatic rings. The van der Waals surface area contributed by atoms with Crippen LogP contribution in [0, 0.1) is 5.92 Å². The van der Waals surface area contributed by atoms with E-state index in [-0.39, 0.29) is 40.4 Å². The van der Waals surface area contributed by atoms with Crippen molar-refractivity contribution in [2.75, 3.05) is 17.1 Å². The Bertz CT molecular complexity index is 1150. The van der Waals surface area contributed by atoms with Gasteiger partial charge in [0.2, 0.25) is 5.91 Å². The number of amides is 1. The van der Waals surface area contributed by atoms with E-state index in [4.69, 9.17) is 9.47 Å². The smallest absolute Gasteiger partial charge is 0.495 e. The number of hydrogen-bond acceptors (Lipinski definition) is 6. The Morgan fingerprint density at radius 1 is 1.12 bits per heavy atom. The lowest BCUT2D eigenvalue weighted by molar-refractivity contribution is -0.274. The van der Waals surface area contributed by atoms with Crippen molar-refractivity contribution in [1.29, 1.82) is 0 Å². The fourth-order valence-electron chi connectivity index (χ4n) is 4.08. The molecule has 2 fully saturated rings. The number of halogens is 3. The average molecular weight is 486 g/mol. The number of ether oxygens (including phenoxy) is 3. The van der Waals surface area contributed by atoms with E-state index in [2.05, 4.69) is 14.8 Å². The number of methoxy groups -OCH3 is 1. The van der Waals surface area contributed by atoms with Crippen molar-refractivity contribution >= 4 is 27.3 Å². The summed E-state index contributed by atoms with van der Waals surface area (Å²) >= 11 is 0. The Labute approximate surface area is 188 Å². The Morgan fingerprint density at radius 2 is 1.91 bits per heavy atom. The van der Waals surface area contributed by atoms with Crippen LogP contribution in [0.1, 0.15) is 19.3 Å². The second kappa shape index (κ2) is 8.75. The monoisotopic (exact) mass is 486 g/mol. The van der Waals surface area contributed by atoms with Gasteiger partial charge in [-0.1, -0.05) is 6.07 Å². The number of rotatable bonds is 7. The molecule has 0 radical (unpaired) electrons. The number of sulfonamides is 1. The summed E-state index contributed by atoms with van der Waals surface area (Å²) in [4.78, 5) is 12.3. The van der Waals surface area contributed by atoms with Gasteiger partial charge >= 0.3 is 6.36 Å². The van der Waals surface area contributed by atoms with E-state index < -0.39 is 22.1 Å². The number of carbonyl (C=O) groups is 1. The van der Waals surface area contributed by atoms with Gasteiger partial charge < -0.3 is 19.5 Å². The van der Waals surface area contributed by atoms with Crippen LogP contribution >= 0.6 is 0 Å². The van der Waals surface area contributed by atoms with Gasteiger partial charge in [0.15, 0.2) is 0 Å². The number of fused-ring (bicyclic) bond motifs is 2. The number of carbonyl (C=O) groups excluding carboxylic acids is 1. The standard InChI is InChI=1S/C21H21F3N2O6S/c1-30-18-10-12(25-20(27)16-11-14-6-7-17(16)31-14)5-8-19(18)33(28,29)26-13-3-2-4-15(9-13)32-21(22,23)24/h2-5,8-10,14,16-17,26H,6-7,11H2,1H3,(H,25,27). The van der Waals surface area contributed by atoms with E-state index in [0.29, 0.717) is 12.1 Å². The molecule has 2 aliphatic rings. The van der Waals surface area contributed by atoms with Crippen LogP contribution in [-0.4, -0.2) is 40.0 Å². The Balaban J connectivity index is 1.50. The van der Waals surface area contributed by atoms with Gasteiger partial charge in [-0.3, -0.25) is 9.52 Å². The fourth-order valence-corrected chi connectivity index (χ4v) is 5.28. The quantitative estimate of drug-likeness (QED) is 0.616. The number of alkyl halides is 3. The van der Waals surface area contributed by atoms with E-state index in [0.717, 1.165) is 25.0 Å². The van der Waals surface area contributed by atoms with Crippen LogP contribution in [0.3, 0.4) is 0 Å². The van der Waals surface area contributed by atoms with Crippen LogP contribution in [-0.2, 0) is 19.6 Å². The Kier molecular flexibility index (Phi) is 6.14. The van der Waals surface area contributed by atoms with Crippen LogP contribution in [0.15, 0.2) is 47.4 Å². The third-order valence-corrected chi connectivity index (χ3v) is 6.90. The largest absolute Gasteiger partial charge is 0.573 e. The highest BCUT2D eigenvalue weighted by atomic mass is 32.2. The fraction of sp³-hybridized carbons (Fsp3) is 0.381. The molecule has 178 valence electrons. The molecule has 2 aromatic carbocycles. The number of anilines is 2. The molecule has 2 N–H and O–H groups in total. The summed E-state index contributed by atoms with van der Waals surface area (Å²) in [5.41, 5.74) is 0.214. The highest BCUT2D eigenvalue weighted by Gasteiger charge is 2.44. The summed E-state index contributed by atoms with van der Waals surface area (Å²) in [6.45, 7) is 0. The van der Waals surface area contributed by atoms with Crippen molar-refractivity contribution in [1.82, 2.24) is 0 Å². The summed E-state index contributed by atoms with van der Waals surface area (Å²) < 4.78 is 79.9. The Hall–Kier alpha value is -2.99. The van der Waals surface area contributed by atoms with Crippen molar-refractivity contribution in [3.8, 4) is 11.5 Å². The zero-order valence-corrected chi connectivity index (χ0v) is 18.2. The maximum atomic E-state index is 12.8. The van der Waals surface area contributed by atoms with E-state index in [1.165, 1.54) is 37.4 Å². The molecule has 3 unspecified atom stereocenters. The highest BCUT2D eigenvalue weighted by Crippen LogP contribution is 2.39. The lowest BCUT2D eigenvalue weighted by Crippen LogP contribution is -2.30. The molecule has 3 atom stereocenters. The third kappa shape index (κ3) is 5.33. The first-order valence-corrected chi connectivity index (χ1v) is 11.6. The second-order valence-corrected chi connectivity index (χ2v) is 9.40. The topological polar surface area (TPSA) is 103 Å². The molecule has 1 amide bonds. The number of nitrogens with one attached hydrogen (secondary N) is 2. The minimum atomic E-state index is -4.91.